The van der Waals surface area contributed by atoms with Crippen LogP contribution in [0.3, 0.4) is 0 Å². The molecule has 0 aromatic heterocycles. The lowest BCUT2D eigenvalue weighted by atomic mass is 10.0. The molecular weight excluding hydrogens is 253 g/mol. The molecule has 1 N–H and O–H groups in total. The van der Waals surface area contributed by atoms with Crippen molar-refractivity contribution in [2.24, 2.45) is 0 Å². The van der Waals surface area contributed by atoms with Crippen LogP contribution in [0, 0.1) is 5.82 Å². The van der Waals surface area contributed by atoms with Gasteiger partial charge in [0, 0.05) is 18.2 Å². The maximum Gasteiger partial charge on any atom is 0.127 e. The van der Waals surface area contributed by atoms with E-state index in [4.69, 9.17) is 4.74 Å². The summed E-state index contributed by atoms with van der Waals surface area (Å²) in [7, 11) is 1.66. The minimum atomic E-state index is -0.162. The van der Waals surface area contributed by atoms with Crippen LogP contribution in [0.4, 0.5) is 4.39 Å². The smallest absolute Gasteiger partial charge is 0.127 e. The first-order chi connectivity index (χ1) is 9.74. The van der Waals surface area contributed by atoms with E-state index in [0.717, 1.165) is 12.2 Å². The quantitative estimate of drug-likeness (QED) is 0.856. The highest BCUT2D eigenvalue weighted by molar-refractivity contribution is 5.29. The molecule has 1 atom stereocenters. The molecule has 20 heavy (non-hydrogen) atoms. The minimum Gasteiger partial charge on any atom is -0.497 e. The summed E-state index contributed by atoms with van der Waals surface area (Å²) in [4.78, 5) is 0. The fourth-order valence-corrected chi connectivity index (χ4v) is 2.21. The highest BCUT2D eigenvalue weighted by atomic mass is 19.1. The van der Waals surface area contributed by atoms with Crippen molar-refractivity contribution in [3.05, 3.63) is 65.5 Å². The Morgan fingerprint density at radius 3 is 2.40 bits per heavy atom. The number of hydrogen-bond donors (Lipinski definition) is 1. The van der Waals surface area contributed by atoms with Crippen LogP contribution in [0.25, 0.3) is 0 Å². The Balaban J connectivity index is 2.03. The Labute approximate surface area is 119 Å². The Morgan fingerprint density at radius 2 is 1.80 bits per heavy atom. The number of hydrogen-bond acceptors (Lipinski definition) is 2. The van der Waals surface area contributed by atoms with Gasteiger partial charge in [-0.2, -0.15) is 0 Å². The normalized spacial score (nSPS) is 12.2. The van der Waals surface area contributed by atoms with Gasteiger partial charge in [0.1, 0.15) is 11.6 Å². The molecule has 0 saturated carbocycles. The number of halogens is 1. The van der Waals surface area contributed by atoms with Gasteiger partial charge in [-0.25, -0.2) is 4.39 Å². The molecule has 0 aliphatic rings. The van der Waals surface area contributed by atoms with Crippen molar-refractivity contribution in [2.75, 3.05) is 7.11 Å². The van der Waals surface area contributed by atoms with Gasteiger partial charge in [0.15, 0.2) is 0 Å². The number of ether oxygens (including phenoxy) is 1. The molecule has 0 bridgehead atoms. The summed E-state index contributed by atoms with van der Waals surface area (Å²) in [6, 6.07) is 15.1. The van der Waals surface area contributed by atoms with Crippen LogP contribution >= 0.6 is 0 Å². The van der Waals surface area contributed by atoms with Gasteiger partial charge in [-0.15, -0.1) is 0 Å². The van der Waals surface area contributed by atoms with Crippen LogP contribution in [0.5, 0.6) is 5.75 Å². The summed E-state index contributed by atoms with van der Waals surface area (Å²) in [5.41, 5.74) is 1.88. The van der Waals surface area contributed by atoms with Crippen molar-refractivity contribution >= 4 is 0 Å². The van der Waals surface area contributed by atoms with Crippen molar-refractivity contribution in [1.29, 1.82) is 0 Å². The molecule has 0 aliphatic carbocycles. The Bertz CT molecular complexity index is 539. The molecule has 2 aromatic rings. The lowest BCUT2D eigenvalue weighted by Gasteiger charge is -2.18. The van der Waals surface area contributed by atoms with Crippen molar-refractivity contribution in [2.45, 2.75) is 25.9 Å². The van der Waals surface area contributed by atoms with E-state index < -0.39 is 0 Å². The second kappa shape index (κ2) is 7.06. The molecule has 0 aliphatic heterocycles. The molecule has 2 aromatic carbocycles. The summed E-state index contributed by atoms with van der Waals surface area (Å²) in [5.74, 6) is 0.683. The first-order valence-electron chi connectivity index (χ1n) is 6.85. The van der Waals surface area contributed by atoms with E-state index in [1.165, 1.54) is 11.6 Å². The van der Waals surface area contributed by atoms with E-state index in [0.29, 0.717) is 12.1 Å². The highest BCUT2D eigenvalue weighted by Crippen LogP contribution is 2.20. The van der Waals surface area contributed by atoms with Gasteiger partial charge in [-0.3, -0.25) is 0 Å². The van der Waals surface area contributed by atoms with Crippen LogP contribution in [0.2, 0.25) is 0 Å². The van der Waals surface area contributed by atoms with Gasteiger partial charge >= 0.3 is 0 Å². The number of methoxy groups -OCH3 is 1. The predicted octanol–water partition coefficient (Wildman–Crippen LogP) is 4.08. The van der Waals surface area contributed by atoms with Crippen molar-refractivity contribution in [1.82, 2.24) is 5.32 Å². The fourth-order valence-electron chi connectivity index (χ4n) is 2.21. The standard InChI is InChI=1S/C17H20FNO/c1-3-17(13-8-10-15(20-2)11-9-13)19-12-14-6-4-5-7-16(14)18/h4-11,17,19H,3,12H2,1-2H3. The second-order valence-electron chi connectivity index (χ2n) is 4.71. The van der Waals surface area contributed by atoms with E-state index in [1.54, 1.807) is 13.2 Å². The van der Waals surface area contributed by atoms with Crippen LogP contribution in [0.15, 0.2) is 48.5 Å². The molecule has 106 valence electrons. The average Bonchev–Trinajstić information content (AvgIpc) is 2.50. The van der Waals surface area contributed by atoms with E-state index in [9.17, 15) is 4.39 Å². The van der Waals surface area contributed by atoms with E-state index in [1.807, 2.05) is 36.4 Å². The summed E-state index contributed by atoms with van der Waals surface area (Å²) in [6.07, 6.45) is 0.945. The lowest BCUT2D eigenvalue weighted by molar-refractivity contribution is 0.414. The third-order valence-electron chi connectivity index (χ3n) is 3.42. The third-order valence-corrected chi connectivity index (χ3v) is 3.42. The first-order valence-corrected chi connectivity index (χ1v) is 6.85. The molecule has 3 heteroatoms. The zero-order valence-electron chi connectivity index (χ0n) is 11.9. The largest absolute Gasteiger partial charge is 0.497 e. The monoisotopic (exact) mass is 273 g/mol. The lowest BCUT2D eigenvalue weighted by Crippen LogP contribution is -2.20. The molecule has 0 spiro atoms. The van der Waals surface area contributed by atoms with Crippen LogP contribution in [-0.2, 0) is 6.54 Å². The van der Waals surface area contributed by atoms with Gasteiger partial charge in [-0.1, -0.05) is 37.3 Å². The maximum absolute atomic E-state index is 13.6. The number of nitrogens with one attached hydrogen (secondary N) is 1. The summed E-state index contributed by atoms with van der Waals surface area (Å²) >= 11 is 0. The van der Waals surface area contributed by atoms with E-state index >= 15 is 0 Å². The number of rotatable bonds is 6. The van der Waals surface area contributed by atoms with Gasteiger partial charge in [0.25, 0.3) is 0 Å². The van der Waals surface area contributed by atoms with Crippen molar-refractivity contribution in [3.63, 3.8) is 0 Å². The predicted molar refractivity (Wildman–Crippen MR) is 79.3 cm³/mol. The molecular formula is C17H20FNO. The molecule has 2 rings (SSSR count). The van der Waals surface area contributed by atoms with Crippen molar-refractivity contribution < 1.29 is 9.13 Å². The molecule has 0 saturated heterocycles. The number of benzene rings is 2. The SMILES string of the molecule is CCC(NCc1ccccc1F)c1ccc(OC)cc1. The van der Waals surface area contributed by atoms with Gasteiger partial charge in [0.05, 0.1) is 7.11 Å². The molecule has 0 fully saturated rings. The second-order valence-corrected chi connectivity index (χ2v) is 4.71. The maximum atomic E-state index is 13.6. The zero-order chi connectivity index (χ0) is 14.4. The van der Waals surface area contributed by atoms with Crippen molar-refractivity contribution in [3.8, 4) is 5.75 Å². The third kappa shape index (κ3) is 3.58. The first kappa shape index (κ1) is 14.5. The summed E-state index contributed by atoms with van der Waals surface area (Å²) in [6.45, 7) is 2.64. The Kier molecular flexibility index (Phi) is 5.13. The van der Waals surface area contributed by atoms with Crippen LogP contribution < -0.4 is 10.1 Å². The molecule has 0 amide bonds. The summed E-state index contributed by atoms with van der Waals surface area (Å²) in [5, 5.41) is 3.40. The molecule has 0 radical (unpaired) electrons. The highest BCUT2D eigenvalue weighted by Gasteiger charge is 2.10. The molecule has 0 heterocycles. The topological polar surface area (TPSA) is 21.3 Å². The Morgan fingerprint density at radius 1 is 1.10 bits per heavy atom. The van der Waals surface area contributed by atoms with Gasteiger partial charge in [-0.05, 0) is 30.2 Å². The van der Waals surface area contributed by atoms with Crippen LogP contribution in [0.1, 0.15) is 30.5 Å². The fraction of sp³-hybridized carbons (Fsp3) is 0.294. The van der Waals surface area contributed by atoms with Crippen LogP contribution in [-0.4, -0.2) is 7.11 Å². The molecule has 1 unspecified atom stereocenters. The molecule has 2 nitrogen and oxygen atoms in total. The summed E-state index contributed by atoms with van der Waals surface area (Å²) < 4.78 is 18.7. The average molecular weight is 273 g/mol. The Hall–Kier alpha value is -1.87. The zero-order valence-corrected chi connectivity index (χ0v) is 11.9. The van der Waals surface area contributed by atoms with E-state index in [2.05, 4.69) is 12.2 Å². The van der Waals surface area contributed by atoms with Gasteiger partial charge in [0.2, 0.25) is 0 Å². The van der Waals surface area contributed by atoms with Gasteiger partial charge < -0.3 is 10.1 Å². The van der Waals surface area contributed by atoms with E-state index in [-0.39, 0.29) is 11.9 Å². The minimum absolute atomic E-state index is 0.162.